The summed E-state index contributed by atoms with van der Waals surface area (Å²) < 4.78 is 6.74. The largest absolute Gasteiger partial charge is 0.486 e. The van der Waals surface area contributed by atoms with E-state index < -0.39 is 0 Å². The number of thiazole rings is 1. The fourth-order valence-electron chi connectivity index (χ4n) is 1.42. The molecule has 0 saturated carbocycles. The van der Waals surface area contributed by atoms with Crippen molar-refractivity contribution in [1.29, 1.82) is 0 Å². The molecule has 0 radical (unpaired) electrons. The number of aromatic nitrogens is 1. The van der Waals surface area contributed by atoms with Crippen LogP contribution < -0.4 is 4.74 Å². The second kappa shape index (κ2) is 5.41. The zero-order valence-corrected chi connectivity index (χ0v) is 13.1. The quantitative estimate of drug-likeness (QED) is 0.810. The summed E-state index contributed by atoms with van der Waals surface area (Å²) in [6.45, 7) is 7.03. The summed E-state index contributed by atoms with van der Waals surface area (Å²) >= 11 is 5.08. The molecule has 0 spiro atoms. The second-order valence-corrected chi connectivity index (χ2v) is 6.98. The molecule has 0 aliphatic rings. The molecule has 2 aromatic rings. The molecule has 0 amide bonds. The zero-order valence-electron chi connectivity index (χ0n) is 10.7. The Labute approximate surface area is 120 Å². The van der Waals surface area contributed by atoms with Gasteiger partial charge in [-0.3, -0.25) is 0 Å². The number of hydrogen-bond donors (Lipinski definition) is 0. The number of rotatable bonds is 3. The van der Waals surface area contributed by atoms with Crippen LogP contribution in [0.15, 0.2) is 34.1 Å². The van der Waals surface area contributed by atoms with Gasteiger partial charge in [0.15, 0.2) is 0 Å². The highest BCUT2D eigenvalue weighted by Gasteiger charge is 2.17. The fourth-order valence-corrected chi connectivity index (χ4v) is 2.73. The van der Waals surface area contributed by atoms with Crippen LogP contribution in [-0.2, 0) is 12.0 Å². The van der Waals surface area contributed by atoms with E-state index in [0.717, 1.165) is 20.9 Å². The summed E-state index contributed by atoms with van der Waals surface area (Å²) in [6.07, 6.45) is 0. The number of hydrogen-bond acceptors (Lipinski definition) is 3. The van der Waals surface area contributed by atoms with Crippen LogP contribution in [0.3, 0.4) is 0 Å². The summed E-state index contributed by atoms with van der Waals surface area (Å²) in [6, 6.07) is 7.84. The topological polar surface area (TPSA) is 22.1 Å². The van der Waals surface area contributed by atoms with Crippen molar-refractivity contribution in [2.24, 2.45) is 0 Å². The van der Waals surface area contributed by atoms with E-state index in [9.17, 15) is 0 Å². The van der Waals surface area contributed by atoms with Crippen LogP contribution in [-0.4, -0.2) is 4.98 Å². The van der Waals surface area contributed by atoms with Gasteiger partial charge in [0.2, 0.25) is 0 Å². The molecule has 18 heavy (non-hydrogen) atoms. The maximum Gasteiger partial charge on any atom is 0.140 e. The molecule has 0 aliphatic heterocycles. The Morgan fingerprint density at radius 2 is 2.11 bits per heavy atom. The van der Waals surface area contributed by atoms with E-state index in [1.165, 1.54) is 0 Å². The van der Waals surface area contributed by atoms with Crippen LogP contribution in [0.25, 0.3) is 0 Å². The lowest BCUT2D eigenvalue weighted by atomic mass is 9.93. The highest BCUT2D eigenvalue weighted by molar-refractivity contribution is 9.10. The molecular weight excluding hydrogens is 310 g/mol. The molecule has 1 aromatic carbocycles. The minimum absolute atomic E-state index is 0.102. The van der Waals surface area contributed by atoms with Gasteiger partial charge in [0.1, 0.15) is 17.4 Å². The van der Waals surface area contributed by atoms with E-state index >= 15 is 0 Å². The Kier molecular flexibility index (Phi) is 4.07. The van der Waals surface area contributed by atoms with Crippen LogP contribution >= 0.6 is 27.3 Å². The van der Waals surface area contributed by atoms with Crippen molar-refractivity contribution in [3.8, 4) is 5.75 Å². The van der Waals surface area contributed by atoms with E-state index in [0.29, 0.717) is 6.61 Å². The Balaban J connectivity index is 2.01. The van der Waals surface area contributed by atoms with Crippen molar-refractivity contribution in [1.82, 2.24) is 4.98 Å². The first-order valence-corrected chi connectivity index (χ1v) is 7.46. The Bertz CT molecular complexity index is 531. The molecule has 1 aromatic heterocycles. The minimum Gasteiger partial charge on any atom is -0.486 e. The van der Waals surface area contributed by atoms with Gasteiger partial charge < -0.3 is 4.74 Å². The van der Waals surface area contributed by atoms with Gasteiger partial charge in [-0.1, -0.05) is 42.8 Å². The lowest BCUT2D eigenvalue weighted by Gasteiger charge is -2.14. The predicted octanol–water partition coefficient (Wildman–Crippen LogP) is 4.78. The van der Waals surface area contributed by atoms with Gasteiger partial charge in [0, 0.05) is 15.3 Å². The molecule has 0 atom stereocenters. The molecule has 2 nitrogen and oxygen atoms in total. The number of halogens is 1. The molecule has 0 unspecified atom stereocenters. The summed E-state index contributed by atoms with van der Waals surface area (Å²) in [5, 5.41) is 3.12. The Hall–Kier alpha value is -0.870. The predicted molar refractivity (Wildman–Crippen MR) is 79.3 cm³/mol. The standard InChI is InChI=1S/C14H16BrNOS/c1-14(2,3)12-9-18-13(16-12)8-17-11-6-4-5-10(15)7-11/h4-7,9H,8H2,1-3H3. The molecule has 2 rings (SSSR count). The summed E-state index contributed by atoms with van der Waals surface area (Å²) in [7, 11) is 0. The van der Waals surface area contributed by atoms with Crippen LogP contribution in [0.5, 0.6) is 5.75 Å². The number of ether oxygens (including phenoxy) is 1. The molecule has 0 fully saturated rings. The minimum atomic E-state index is 0.102. The summed E-state index contributed by atoms with van der Waals surface area (Å²) in [4.78, 5) is 4.60. The smallest absolute Gasteiger partial charge is 0.140 e. The first-order chi connectivity index (χ1) is 8.45. The van der Waals surface area contributed by atoms with Crippen molar-refractivity contribution in [3.63, 3.8) is 0 Å². The highest BCUT2D eigenvalue weighted by atomic mass is 79.9. The maximum absolute atomic E-state index is 5.72. The van der Waals surface area contributed by atoms with E-state index in [-0.39, 0.29) is 5.41 Å². The Morgan fingerprint density at radius 3 is 2.72 bits per heavy atom. The average Bonchev–Trinajstić information content (AvgIpc) is 2.74. The third kappa shape index (κ3) is 3.56. The maximum atomic E-state index is 5.72. The van der Waals surface area contributed by atoms with Gasteiger partial charge in [-0.05, 0) is 18.2 Å². The van der Waals surface area contributed by atoms with E-state index in [2.05, 4.69) is 47.1 Å². The molecule has 1 heterocycles. The van der Waals surface area contributed by atoms with Gasteiger partial charge >= 0.3 is 0 Å². The average molecular weight is 326 g/mol. The fraction of sp³-hybridized carbons (Fsp3) is 0.357. The van der Waals surface area contributed by atoms with Gasteiger partial charge in [-0.15, -0.1) is 11.3 Å². The third-order valence-electron chi connectivity index (χ3n) is 2.48. The SMILES string of the molecule is CC(C)(C)c1csc(COc2cccc(Br)c2)n1. The monoisotopic (exact) mass is 325 g/mol. The Morgan fingerprint density at radius 1 is 1.33 bits per heavy atom. The molecule has 4 heteroatoms. The molecule has 0 aliphatic carbocycles. The second-order valence-electron chi connectivity index (χ2n) is 5.12. The highest BCUT2D eigenvalue weighted by Crippen LogP contribution is 2.25. The third-order valence-corrected chi connectivity index (χ3v) is 3.79. The first-order valence-electron chi connectivity index (χ1n) is 5.78. The van der Waals surface area contributed by atoms with Crippen LogP contribution in [0, 0.1) is 0 Å². The normalized spacial score (nSPS) is 11.6. The van der Waals surface area contributed by atoms with E-state index in [4.69, 9.17) is 4.74 Å². The van der Waals surface area contributed by atoms with Gasteiger partial charge in [0.25, 0.3) is 0 Å². The first kappa shape index (κ1) is 13.6. The van der Waals surface area contributed by atoms with Crippen molar-refractivity contribution < 1.29 is 4.74 Å². The van der Waals surface area contributed by atoms with Crippen molar-refractivity contribution in [2.75, 3.05) is 0 Å². The molecule has 0 saturated heterocycles. The van der Waals surface area contributed by atoms with Gasteiger partial charge in [-0.2, -0.15) is 0 Å². The van der Waals surface area contributed by atoms with Crippen molar-refractivity contribution in [2.45, 2.75) is 32.8 Å². The molecular formula is C14H16BrNOS. The number of benzene rings is 1. The van der Waals surface area contributed by atoms with Crippen molar-refractivity contribution in [3.05, 3.63) is 44.8 Å². The van der Waals surface area contributed by atoms with Gasteiger partial charge in [-0.25, -0.2) is 4.98 Å². The van der Waals surface area contributed by atoms with Gasteiger partial charge in [0.05, 0.1) is 5.69 Å². The van der Waals surface area contributed by atoms with Crippen LogP contribution in [0.2, 0.25) is 0 Å². The van der Waals surface area contributed by atoms with E-state index in [1.807, 2.05) is 24.3 Å². The lowest BCUT2D eigenvalue weighted by Crippen LogP contribution is -2.11. The summed E-state index contributed by atoms with van der Waals surface area (Å²) in [5.74, 6) is 0.858. The van der Waals surface area contributed by atoms with Crippen LogP contribution in [0.4, 0.5) is 0 Å². The molecule has 0 N–H and O–H groups in total. The lowest BCUT2D eigenvalue weighted by molar-refractivity contribution is 0.304. The summed E-state index contributed by atoms with van der Waals surface area (Å²) in [5.41, 5.74) is 1.23. The zero-order chi connectivity index (χ0) is 13.2. The molecule has 96 valence electrons. The molecule has 0 bridgehead atoms. The van der Waals surface area contributed by atoms with Crippen molar-refractivity contribution >= 4 is 27.3 Å². The number of nitrogens with zero attached hydrogens (tertiary/aromatic N) is 1. The van der Waals surface area contributed by atoms with E-state index in [1.54, 1.807) is 11.3 Å². The van der Waals surface area contributed by atoms with Crippen LogP contribution in [0.1, 0.15) is 31.5 Å².